The van der Waals surface area contributed by atoms with Gasteiger partial charge in [0.05, 0.1) is 0 Å². The van der Waals surface area contributed by atoms with E-state index in [1.165, 1.54) is 36.8 Å². The first-order chi connectivity index (χ1) is 13.2. The van der Waals surface area contributed by atoms with Gasteiger partial charge in [-0.05, 0) is 63.1 Å². The lowest BCUT2D eigenvalue weighted by Crippen LogP contribution is -2.29. The van der Waals surface area contributed by atoms with E-state index in [1.807, 2.05) is 6.07 Å². The number of carbonyl (C=O) groups is 1. The largest absolute Gasteiger partial charge is 0.350 e. The highest BCUT2D eigenvalue weighted by Gasteiger charge is 2.29. The number of allylic oxidation sites excluding steroid dienone is 1. The summed E-state index contributed by atoms with van der Waals surface area (Å²) in [5.41, 5.74) is 4.32. The van der Waals surface area contributed by atoms with E-state index in [1.54, 1.807) is 12.3 Å². The molecule has 1 aliphatic heterocycles. The Morgan fingerprint density at radius 2 is 2.15 bits per heavy atom. The molecule has 1 aromatic heterocycles. The number of anilines is 2. The number of fused-ring (bicyclic) bond motifs is 1. The first-order valence-electron chi connectivity index (χ1n) is 9.88. The zero-order valence-electron chi connectivity index (χ0n) is 15.8. The van der Waals surface area contributed by atoms with E-state index in [9.17, 15) is 4.79 Å². The number of hydrogen-bond acceptors (Lipinski definition) is 4. The minimum Gasteiger partial charge on any atom is -0.350 e. The third-order valence-electron chi connectivity index (χ3n) is 5.41. The molecule has 1 N–H and O–H groups in total. The topological polar surface area (TPSA) is 58.1 Å². The lowest BCUT2D eigenvalue weighted by Gasteiger charge is -2.22. The Kier molecular flexibility index (Phi) is 5.19. The number of carbonyl (C=O) groups excluding carboxylic acids is 1. The van der Waals surface area contributed by atoms with Crippen LogP contribution in [0.15, 0.2) is 48.2 Å². The minimum atomic E-state index is -0.129. The summed E-state index contributed by atoms with van der Waals surface area (Å²) in [6, 6.07) is 10.3. The number of amides is 1. The average molecular weight is 362 g/mol. The third kappa shape index (κ3) is 3.87. The van der Waals surface area contributed by atoms with Gasteiger partial charge in [0.1, 0.15) is 5.69 Å². The van der Waals surface area contributed by atoms with E-state index >= 15 is 0 Å². The molecule has 1 aromatic carbocycles. The summed E-state index contributed by atoms with van der Waals surface area (Å²) in [7, 11) is 0. The molecule has 140 valence electrons. The van der Waals surface area contributed by atoms with Gasteiger partial charge in [-0.3, -0.25) is 4.79 Å². The van der Waals surface area contributed by atoms with Crippen LogP contribution in [-0.4, -0.2) is 28.5 Å². The molecule has 0 bridgehead atoms. The fraction of sp³-hybridized carbons (Fsp3) is 0.409. The first kappa shape index (κ1) is 17.7. The Morgan fingerprint density at radius 3 is 3.00 bits per heavy atom. The van der Waals surface area contributed by atoms with E-state index < -0.39 is 0 Å². The Bertz CT molecular complexity index is 861. The summed E-state index contributed by atoms with van der Waals surface area (Å²) < 4.78 is 0. The normalized spacial score (nSPS) is 18.8. The maximum Gasteiger partial charge on any atom is 0.270 e. The van der Waals surface area contributed by atoms with Crippen molar-refractivity contribution >= 4 is 17.5 Å². The first-order valence-corrected chi connectivity index (χ1v) is 9.88. The third-order valence-corrected chi connectivity index (χ3v) is 5.41. The van der Waals surface area contributed by atoms with Gasteiger partial charge in [-0.2, -0.15) is 0 Å². The van der Waals surface area contributed by atoms with E-state index in [4.69, 9.17) is 0 Å². The molecule has 1 unspecified atom stereocenters. The number of nitrogens with zero attached hydrogens (tertiary/aromatic N) is 3. The van der Waals surface area contributed by atoms with Crippen LogP contribution in [0.4, 0.5) is 11.6 Å². The van der Waals surface area contributed by atoms with Crippen LogP contribution in [0.2, 0.25) is 0 Å². The van der Waals surface area contributed by atoms with Crippen LogP contribution in [0.3, 0.4) is 0 Å². The van der Waals surface area contributed by atoms with Gasteiger partial charge in [0, 0.05) is 24.5 Å². The number of aromatic nitrogens is 2. The van der Waals surface area contributed by atoms with E-state index in [2.05, 4.69) is 51.4 Å². The van der Waals surface area contributed by atoms with Crippen LogP contribution in [0, 0.1) is 0 Å². The maximum atomic E-state index is 12.5. The van der Waals surface area contributed by atoms with Gasteiger partial charge < -0.3 is 10.2 Å². The number of rotatable bonds is 5. The van der Waals surface area contributed by atoms with Crippen molar-refractivity contribution in [2.24, 2.45) is 0 Å². The van der Waals surface area contributed by atoms with Crippen LogP contribution in [0.5, 0.6) is 0 Å². The zero-order valence-corrected chi connectivity index (χ0v) is 15.8. The fourth-order valence-corrected chi connectivity index (χ4v) is 4.02. The molecule has 0 saturated heterocycles. The lowest BCUT2D eigenvalue weighted by atomic mass is 9.97. The standard InChI is InChI=1S/C22H26N4O/c1-16-15-18-9-5-6-10-20(18)26(16)22-24-14-12-19(25-22)21(27)23-13-11-17-7-3-2-4-8-17/h5-7,9-10,12,14,16H,2-4,8,11,13,15H2,1H3,(H,23,27). The summed E-state index contributed by atoms with van der Waals surface area (Å²) in [6.07, 6.45) is 10.8. The Labute approximate surface area is 160 Å². The molecule has 5 heteroatoms. The molecular formula is C22H26N4O. The molecule has 27 heavy (non-hydrogen) atoms. The van der Waals surface area contributed by atoms with Crippen LogP contribution in [0.25, 0.3) is 0 Å². The van der Waals surface area contributed by atoms with Gasteiger partial charge in [0.25, 0.3) is 5.91 Å². The van der Waals surface area contributed by atoms with Gasteiger partial charge in [-0.1, -0.05) is 29.8 Å². The molecule has 0 saturated carbocycles. The number of nitrogens with one attached hydrogen (secondary N) is 1. The molecule has 2 aromatic rings. The number of benzene rings is 1. The van der Waals surface area contributed by atoms with Crippen molar-refractivity contribution in [1.29, 1.82) is 0 Å². The summed E-state index contributed by atoms with van der Waals surface area (Å²) in [5.74, 6) is 0.463. The van der Waals surface area contributed by atoms with Gasteiger partial charge in [-0.15, -0.1) is 0 Å². The summed E-state index contributed by atoms with van der Waals surface area (Å²) in [6.45, 7) is 2.82. The Morgan fingerprint density at radius 1 is 1.26 bits per heavy atom. The van der Waals surface area contributed by atoms with E-state index in [-0.39, 0.29) is 11.9 Å². The van der Waals surface area contributed by atoms with E-state index in [0.29, 0.717) is 18.2 Å². The van der Waals surface area contributed by atoms with Crippen molar-refractivity contribution in [3.63, 3.8) is 0 Å². The van der Waals surface area contributed by atoms with Crippen molar-refractivity contribution in [2.45, 2.75) is 51.5 Å². The highest BCUT2D eigenvalue weighted by molar-refractivity contribution is 5.92. The Balaban J connectivity index is 1.44. The molecule has 0 spiro atoms. The van der Waals surface area contributed by atoms with Gasteiger partial charge in [0.2, 0.25) is 5.95 Å². The maximum absolute atomic E-state index is 12.5. The van der Waals surface area contributed by atoms with Gasteiger partial charge >= 0.3 is 0 Å². The summed E-state index contributed by atoms with van der Waals surface area (Å²) >= 11 is 0. The van der Waals surface area contributed by atoms with Crippen LogP contribution in [-0.2, 0) is 6.42 Å². The summed E-state index contributed by atoms with van der Waals surface area (Å²) in [4.78, 5) is 23.7. The monoisotopic (exact) mass is 362 g/mol. The average Bonchev–Trinajstić information content (AvgIpc) is 3.04. The molecule has 1 aliphatic carbocycles. The molecule has 2 aliphatic rings. The lowest BCUT2D eigenvalue weighted by molar-refractivity contribution is 0.0949. The predicted molar refractivity (Wildman–Crippen MR) is 107 cm³/mol. The van der Waals surface area contributed by atoms with Crippen molar-refractivity contribution in [2.75, 3.05) is 11.4 Å². The molecule has 0 fully saturated rings. The van der Waals surface area contributed by atoms with Crippen molar-refractivity contribution in [1.82, 2.24) is 15.3 Å². The smallest absolute Gasteiger partial charge is 0.270 e. The van der Waals surface area contributed by atoms with E-state index in [0.717, 1.165) is 18.5 Å². The molecule has 1 atom stereocenters. The molecule has 5 nitrogen and oxygen atoms in total. The molecule has 4 rings (SSSR count). The van der Waals surface area contributed by atoms with Crippen molar-refractivity contribution < 1.29 is 4.79 Å². The van der Waals surface area contributed by atoms with Gasteiger partial charge in [0.15, 0.2) is 0 Å². The van der Waals surface area contributed by atoms with Crippen molar-refractivity contribution in [3.8, 4) is 0 Å². The molecular weight excluding hydrogens is 336 g/mol. The predicted octanol–water partition coefficient (Wildman–Crippen LogP) is 4.18. The summed E-state index contributed by atoms with van der Waals surface area (Å²) in [5, 5.41) is 3.01. The Hall–Kier alpha value is -2.69. The second-order valence-corrected chi connectivity index (χ2v) is 7.41. The van der Waals surface area contributed by atoms with Crippen LogP contribution < -0.4 is 10.2 Å². The minimum absolute atomic E-state index is 0.129. The van der Waals surface area contributed by atoms with Gasteiger partial charge in [-0.25, -0.2) is 9.97 Å². The quantitative estimate of drug-likeness (QED) is 0.811. The molecule has 2 heterocycles. The number of para-hydroxylation sites is 1. The number of hydrogen-bond donors (Lipinski definition) is 1. The van der Waals surface area contributed by atoms with Crippen molar-refractivity contribution in [3.05, 3.63) is 59.4 Å². The second-order valence-electron chi connectivity index (χ2n) is 7.41. The van der Waals surface area contributed by atoms with Crippen LogP contribution in [0.1, 0.15) is 55.1 Å². The highest BCUT2D eigenvalue weighted by Crippen LogP contribution is 2.36. The second kappa shape index (κ2) is 7.91. The van der Waals surface area contributed by atoms with Crippen LogP contribution >= 0.6 is 0 Å². The molecule has 1 amide bonds. The molecule has 0 radical (unpaired) electrons. The SMILES string of the molecule is CC1Cc2ccccc2N1c1nccc(C(=O)NCCC2=CCCCC2)n1. The fourth-order valence-electron chi connectivity index (χ4n) is 4.02. The zero-order chi connectivity index (χ0) is 18.6. The highest BCUT2D eigenvalue weighted by atomic mass is 16.1.